The average molecular weight is 351 g/mol. The van der Waals surface area contributed by atoms with E-state index in [2.05, 4.69) is 10.4 Å². The normalized spacial score (nSPS) is 20.8. The molecule has 1 aromatic heterocycles. The van der Waals surface area contributed by atoms with Crippen LogP contribution in [0.15, 0.2) is 30.6 Å². The Morgan fingerprint density at radius 2 is 2.21 bits per heavy atom. The number of aromatic nitrogens is 2. The van der Waals surface area contributed by atoms with Crippen LogP contribution in [0, 0.1) is 11.7 Å². The van der Waals surface area contributed by atoms with Gasteiger partial charge in [0.25, 0.3) is 0 Å². The lowest BCUT2D eigenvalue weighted by Gasteiger charge is -2.24. The van der Waals surface area contributed by atoms with E-state index in [-0.39, 0.29) is 22.9 Å². The lowest BCUT2D eigenvalue weighted by atomic mass is 9.95. The lowest BCUT2D eigenvalue weighted by molar-refractivity contribution is -0.127. The smallest absolute Gasteiger partial charge is 0.223 e. The second kappa shape index (κ2) is 6.91. The second-order valence-corrected chi connectivity index (χ2v) is 6.65. The fourth-order valence-electron chi connectivity index (χ4n) is 3.28. The molecule has 3 rings (SSSR count). The third kappa shape index (κ3) is 3.44. The molecule has 0 spiro atoms. The van der Waals surface area contributed by atoms with Gasteiger partial charge in [-0.2, -0.15) is 5.10 Å². The standard InChI is InChI=1S/C17H20ClFN4O/c1-22-10-13(9-21-22)17-12(6-16(24)23(17)2)8-20-7-11-3-4-15(19)14(18)5-11/h3-5,9-10,12,17,20H,6-8H2,1-2H3/t12-,17+/m0/s1. The number of nitrogens with zero attached hydrogens (tertiary/aromatic N) is 3. The highest BCUT2D eigenvalue weighted by Gasteiger charge is 2.38. The summed E-state index contributed by atoms with van der Waals surface area (Å²) in [4.78, 5) is 13.9. The summed E-state index contributed by atoms with van der Waals surface area (Å²) < 4.78 is 14.9. The summed E-state index contributed by atoms with van der Waals surface area (Å²) in [5.74, 6) is -0.108. The maximum absolute atomic E-state index is 13.2. The predicted molar refractivity (Wildman–Crippen MR) is 89.9 cm³/mol. The zero-order chi connectivity index (χ0) is 17.3. The van der Waals surface area contributed by atoms with Crippen molar-refractivity contribution < 1.29 is 9.18 Å². The number of halogens is 2. The van der Waals surface area contributed by atoms with Gasteiger partial charge in [0.15, 0.2) is 0 Å². The maximum atomic E-state index is 13.2. The van der Waals surface area contributed by atoms with Crippen molar-refractivity contribution in [1.82, 2.24) is 20.0 Å². The summed E-state index contributed by atoms with van der Waals surface area (Å²) >= 11 is 5.80. The number of carbonyl (C=O) groups excluding carboxylic acids is 1. The molecule has 1 fully saturated rings. The number of likely N-dealkylation sites (tertiary alicyclic amines) is 1. The number of hydrogen-bond acceptors (Lipinski definition) is 3. The van der Waals surface area contributed by atoms with Crippen molar-refractivity contribution in [3.05, 3.63) is 52.6 Å². The lowest BCUT2D eigenvalue weighted by Crippen LogP contribution is -2.28. The van der Waals surface area contributed by atoms with Gasteiger partial charge in [0, 0.05) is 51.3 Å². The fourth-order valence-corrected chi connectivity index (χ4v) is 3.48. The molecule has 2 atom stereocenters. The van der Waals surface area contributed by atoms with Crippen molar-refractivity contribution in [2.24, 2.45) is 13.0 Å². The van der Waals surface area contributed by atoms with Crippen LogP contribution in [-0.2, 0) is 18.4 Å². The highest BCUT2D eigenvalue weighted by molar-refractivity contribution is 6.30. The number of rotatable bonds is 5. The Kier molecular flexibility index (Phi) is 4.87. The van der Waals surface area contributed by atoms with Gasteiger partial charge in [-0.15, -0.1) is 0 Å². The minimum Gasteiger partial charge on any atom is -0.338 e. The van der Waals surface area contributed by atoms with E-state index in [0.29, 0.717) is 19.5 Å². The molecule has 1 amide bonds. The van der Waals surface area contributed by atoms with Gasteiger partial charge < -0.3 is 10.2 Å². The molecule has 0 saturated carbocycles. The van der Waals surface area contributed by atoms with E-state index in [1.807, 2.05) is 26.5 Å². The minimum absolute atomic E-state index is 0.0236. The van der Waals surface area contributed by atoms with Crippen LogP contribution in [0.3, 0.4) is 0 Å². The van der Waals surface area contributed by atoms with Crippen LogP contribution in [0.5, 0.6) is 0 Å². The molecule has 7 heteroatoms. The van der Waals surface area contributed by atoms with Gasteiger partial charge in [0.2, 0.25) is 5.91 Å². The molecule has 0 aliphatic carbocycles. The molecule has 1 aliphatic heterocycles. The number of carbonyl (C=O) groups is 1. The van der Waals surface area contributed by atoms with Gasteiger partial charge >= 0.3 is 0 Å². The quantitative estimate of drug-likeness (QED) is 0.901. The van der Waals surface area contributed by atoms with E-state index in [4.69, 9.17) is 11.6 Å². The molecule has 24 heavy (non-hydrogen) atoms. The first-order valence-electron chi connectivity index (χ1n) is 7.84. The van der Waals surface area contributed by atoms with Crippen LogP contribution in [0.25, 0.3) is 0 Å². The van der Waals surface area contributed by atoms with Crippen LogP contribution in [0.4, 0.5) is 4.39 Å². The zero-order valence-corrected chi connectivity index (χ0v) is 14.4. The Morgan fingerprint density at radius 3 is 2.88 bits per heavy atom. The third-order valence-electron chi connectivity index (χ3n) is 4.48. The highest BCUT2D eigenvalue weighted by Crippen LogP contribution is 2.36. The van der Waals surface area contributed by atoms with Crippen molar-refractivity contribution in [3.63, 3.8) is 0 Å². The summed E-state index contributed by atoms with van der Waals surface area (Å²) in [6.45, 7) is 1.26. The average Bonchev–Trinajstić information content (AvgIpc) is 3.07. The Hall–Kier alpha value is -1.92. The Labute approximate surface area is 145 Å². The molecular formula is C17H20ClFN4O. The SMILES string of the molecule is CN1C(=O)C[C@@H](CNCc2ccc(F)c(Cl)c2)[C@@H]1c1cnn(C)c1. The number of hydrogen-bond donors (Lipinski definition) is 1. The van der Waals surface area contributed by atoms with E-state index in [1.165, 1.54) is 6.07 Å². The van der Waals surface area contributed by atoms with Crippen LogP contribution >= 0.6 is 11.6 Å². The zero-order valence-electron chi connectivity index (χ0n) is 13.7. The predicted octanol–water partition coefficient (Wildman–Crippen LogP) is 2.52. The van der Waals surface area contributed by atoms with Crippen LogP contribution in [0.1, 0.15) is 23.6 Å². The van der Waals surface area contributed by atoms with Gasteiger partial charge in [-0.3, -0.25) is 9.48 Å². The van der Waals surface area contributed by atoms with E-state index in [9.17, 15) is 9.18 Å². The first-order valence-corrected chi connectivity index (χ1v) is 8.22. The molecule has 0 bridgehead atoms. The monoisotopic (exact) mass is 350 g/mol. The van der Waals surface area contributed by atoms with Gasteiger partial charge in [-0.1, -0.05) is 17.7 Å². The molecule has 5 nitrogen and oxygen atoms in total. The number of benzene rings is 1. The van der Waals surface area contributed by atoms with Gasteiger partial charge in [-0.25, -0.2) is 4.39 Å². The molecular weight excluding hydrogens is 331 g/mol. The number of amides is 1. The summed E-state index contributed by atoms with van der Waals surface area (Å²) in [5.41, 5.74) is 1.96. The topological polar surface area (TPSA) is 50.2 Å². The number of aryl methyl sites for hydroxylation is 1. The Bertz CT molecular complexity index is 748. The summed E-state index contributed by atoms with van der Waals surface area (Å²) in [6.07, 6.45) is 4.27. The third-order valence-corrected chi connectivity index (χ3v) is 4.77. The first-order chi connectivity index (χ1) is 11.5. The van der Waals surface area contributed by atoms with Crippen LogP contribution in [0.2, 0.25) is 5.02 Å². The molecule has 2 aromatic rings. The van der Waals surface area contributed by atoms with E-state index in [0.717, 1.165) is 11.1 Å². The molecule has 0 radical (unpaired) electrons. The van der Waals surface area contributed by atoms with E-state index >= 15 is 0 Å². The highest BCUT2D eigenvalue weighted by atomic mass is 35.5. The summed E-state index contributed by atoms with van der Waals surface area (Å²) in [5, 5.41) is 7.68. The van der Waals surface area contributed by atoms with Gasteiger partial charge in [0.1, 0.15) is 5.82 Å². The number of nitrogens with one attached hydrogen (secondary N) is 1. The van der Waals surface area contributed by atoms with Crippen LogP contribution < -0.4 is 5.32 Å². The molecule has 128 valence electrons. The minimum atomic E-state index is -0.417. The molecule has 1 saturated heterocycles. The largest absolute Gasteiger partial charge is 0.338 e. The second-order valence-electron chi connectivity index (χ2n) is 6.24. The molecule has 0 unspecified atom stereocenters. The summed E-state index contributed by atoms with van der Waals surface area (Å²) in [6, 6.07) is 4.72. The van der Waals surface area contributed by atoms with E-state index in [1.54, 1.807) is 21.7 Å². The van der Waals surface area contributed by atoms with Crippen molar-refractivity contribution in [2.75, 3.05) is 13.6 Å². The van der Waals surface area contributed by atoms with Gasteiger partial charge in [-0.05, 0) is 17.7 Å². The maximum Gasteiger partial charge on any atom is 0.223 e. The van der Waals surface area contributed by atoms with Crippen molar-refractivity contribution >= 4 is 17.5 Å². The van der Waals surface area contributed by atoms with Gasteiger partial charge in [0.05, 0.1) is 17.3 Å². The van der Waals surface area contributed by atoms with Crippen molar-refractivity contribution in [2.45, 2.75) is 19.0 Å². The molecule has 1 aromatic carbocycles. The van der Waals surface area contributed by atoms with Crippen LogP contribution in [-0.4, -0.2) is 34.2 Å². The summed E-state index contributed by atoms with van der Waals surface area (Å²) in [7, 11) is 3.70. The van der Waals surface area contributed by atoms with E-state index < -0.39 is 5.82 Å². The Morgan fingerprint density at radius 1 is 1.42 bits per heavy atom. The molecule has 1 N–H and O–H groups in total. The molecule has 2 heterocycles. The van der Waals surface area contributed by atoms with Crippen molar-refractivity contribution in [1.29, 1.82) is 0 Å². The fraction of sp³-hybridized carbons (Fsp3) is 0.412. The molecule has 1 aliphatic rings. The Balaban J connectivity index is 1.64. The first kappa shape index (κ1) is 16.9. The van der Waals surface area contributed by atoms with Crippen molar-refractivity contribution in [3.8, 4) is 0 Å².